The van der Waals surface area contributed by atoms with Gasteiger partial charge in [-0.05, 0) is 37.4 Å². The van der Waals surface area contributed by atoms with Crippen LogP contribution in [0.3, 0.4) is 0 Å². The number of hydrogen-bond donors (Lipinski definition) is 1. The lowest BCUT2D eigenvalue weighted by atomic mass is 10.2. The summed E-state index contributed by atoms with van der Waals surface area (Å²) in [6.07, 6.45) is 4.88. The predicted octanol–water partition coefficient (Wildman–Crippen LogP) is 3.68. The van der Waals surface area contributed by atoms with Gasteiger partial charge in [-0.3, -0.25) is 4.90 Å². The molecule has 0 aromatic carbocycles. The second-order valence-corrected chi connectivity index (χ2v) is 6.04. The van der Waals surface area contributed by atoms with Crippen molar-refractivity contribution in [3.63, 3.8) is 0 Å². The third-order valence-electron chi connectivity index (χ3n) is 3.42. The summed E-state index contributed by atoms with van der Waals surface area (Å²) in [6.45, 7) is 7.48. The van der Waals surface area contributed by atoms with E-state index in [2.05, 4.69) is 28.7 Å². The van der Waals surface area contributed by atoms with Crippen molar-refractivity contribution in [2.75, 3.05) is 18.8 Å². The average molecular weight is 292 g/mol. The lowest BCUT2D eigenvalue weighted by molar-refractivity contribution is 0.251. The van der Waals surface area contributed by atoms with E-state index in [1.54, 1.807) is 11.3 Å². The molecule has 2 rings (SSSR count). The minimum absolute atomic E-state index is 0.609. The van der Waals surface area contributed by atoms with Crippen molar-refractivity contribution in [2.24, 2.45) is 0 Å². The molecule has 2 aromatic rings. The molecule has 2 heterocycles. The molecule has 0 aliphatic heterocycles. The molecule has 0 aliphatic rings. The molecule has 110 valence electrons. The van der Waals surface area contributed by atoms with Crippen LogP contribution in [0.25, 0.3) is 10.2 Å². The van der Waals surface area contributed by atoms with Gasteiger partial charge in [-0.1, -0.05) is 26.7 Å². The maximum Gasteiger partial charge on any atom is 0.146 e. The fraction of sp³-hybridized carbons (Fsp3) is 0.600. The molecule has 2 aromatic heterocycles. The lowest BCUT2D eigenvalue weighted by Gasteiger charge is -2.21. The minimum atomic E-state index is 0.609. The zero-order valence-corrected chi connectivity index (χ0v) is 13.2. The number of nitrogen functional groups attached to an aromatic ring is 1. The molecule has 0 radical (unpaired) electrons. The Labute approximate surface area is 125 Å². The molecule has 0 aliphatic carbocycles. The number of nitrogens with two attached hydrogens (primary N) is 1. The smallest absolute Gasteiger partial charge is 0.146 e. The molecule has 0 atom stereocenters. The van der Waals surface area contributed by atoms with Crippen LogP contribution in [0.5, 0.6) is 0 Å². The van der Waals surface area contributed by atoms with Gasteiger partial charge in [0.2, 0.25) is 0 Å². The Balaban J connectivity index is 2.09. The normalized spacial score (nSPS) is 11.6. The highest BCUT2D eigenvalue weighted by Gasteiger charge is 2.10. The van der Waals surface area contributed by atoms with E-state index in [0.29, 0.717) is 5.82 Å². The van der Waals surface area contributed by atoms with Gasteiger partial charge < -0.3 is 5.73 Å². The third kappa shape index (κ3) is 3.90. The summed E-state index contributed by atoms with van der Waals surface area (Å²) in [6, 6.07) is 1.99. The highest BCUT2D eigenvalue weighted by molar-refractivity contribution is 7.16. The summed E-state index contributed by atoms with van der Waals surface area (Å²) in [5, 5.41) is 3.00. The molecule has 4 nitrogen and oxygen atoms in total. The first-order valence-electron chi connectivity index (χ1n) is 7.46. The Morgan fingerprint density at radius 2 is 1.85 bits per heavy atom. The van der Waals surface area contributed by atoms with Crippen LogP contribution in [0, 0.1) is 0 Å². The first-order valence-corrected chi connectivity index (χ1v) is 8.34. The van der Waals surface area contributed by atoms with Gasteiger partial charge in [0.15, 0.2) is 0 Å². The monoisotopic (exact) mass is 292 g/mol. The maximum atomic E-state index is 6.01. The highest BCUT2D eigenvalue weighted by Crippen LogP contribution is 2.23. The average Bonchev–Trinajstić information content (AvgIpc) is 2.90. The van der Waals surface area contributed by atoms with E-state index in [1.807, 2.05) is 11.4 Å². The Hall–Kier alpha value is -1.20. The second-order valence-electron chi connectivity index (χ2n) is 5.15. The number of unbranched alkanes of at least 4 members (excludes halogenated alkanes) is 2. The van der Waals surface area contributed by atoms with Gasteiger partial charge in [-0.15, -0.1) is 11.3 Å². The fourth-order valence-electron chi connectivity index (χ4n) is 2.23. The number of nitrogens with zero attached hydrogens (tertiary/aromatic N) is 3. The summed E-state index contributed by atoms with van der Waals surface area (Å²) >= 11 is 1.63. The van der Waals surface area contributed by atoms with Crippen molar-refractivity contribution in [1.82, 2.24) is 14.9 Å². The predicted molar refractivity (Wildman–Crippen MR) is 86.9 cm³/mol. The molecule has 0 bridgehead atoms. The molecule has 0 spiro atoms. The third-order valence-corrected chi connectivity index (χ3v) is 4.23. The van der Waals surface area contributed by atoms with Crippen molar-refractivity contribution in [3.05, 3.63) is 17.3 Å². The molecule has 20 heavy (non-hydrogen) atoms. The molecule has 0 fully saturated rings. The van der Waals surface area contributed by atoms with E-state index in [9.17, 15) is 0 Å². The largest absolute Gasteiger partial charge is 0.383 e. The van der Waals surface area contributed by atoms with Crippen molar-refractivity contribution in [2.45, 2.75) is 46.1 Å². The highest BCUT2D eigenvalue weighted by atomic mass is 32.1. The minimum Gasteiger partial charge on any atom is -0.383 e. The first kappa shape index (κ1) is 15.2. The first-order chi connectivity index (χ1) is 9.74. The van der Waals surface area contributed by atoms with Crippen molar-refractivity contribution in [1.29, 1.82) is 0 Å². The number of hydrogen-bond acceptors (Lipinski definition) is 5. The van der Waals surface area contributed by atoms with Crippen molar-refractivity contribution in [3.8, 4) is 0 Å². The van der Waals surface area contributed by atoms with Crippen LogP contribution in [0.2, 0.25) is 0 Å². The van der Waals surface area contributed by atoms with Crippen LogP contribution in [0.1, 0.15) is 45.4 Å². The number of rotatable bonds is 8. The van der Waals surface area contributed by atoms with E-state index in [-0.39, 0.29) is 0 Å². The van der Waals surface area contributed by atoms with Gasteiger partial charge in [0.05, 0.1) is 11.9 Å². The van der Waals surface area contributed by atoms with Crippen LogP contribution in [-0.4, -0.2) is 28.0 Å². The molecule has 5 heteroatoms. The van der Waals surface area contributed by atoms with Gasteiger partial charge in [0.1, 0.15) is 16.5 Å². The molecule has 0 saturated carbocycles. The van der Waals surface area contributed by atoms with Crippen LogP contribution < -0.4 is 5.73 Å². The number of fused-ring (bicyclic) bond motifs is 1. The topological polar surface area (TPSA) is 55.0 Å². The summed E-state index contributed by atoms with van der Waals surface area (Å²) in [7, 11) is 0. The van der Waals surface area contributed by atoms with Crippen molar-refractivity contribution >= 4 is 27.4 Å². The Morgan fingerprint density at radius 1 is 1.15 bits per heavy atom. The number of anilines is 1. The SMILES string of the molecule is CCCCN(CCCC)Cc1nc(N)c2ccsc2n1. The van der Waals surface area contributed by atoms with Crippen LogP contribution >= 0.6 is 11.3 Å². The summed E-state index contributed by atoms with van der Waals surface area (Å²) in [5.74, 6) is 1.46. The summed E-state index contributed by atoms with van der Waals surface area (Å²) in [4.78, 5) is 12.5. The number of thiophene rings is 1. The molecule has 2 N–H and O–H groups in total. The van der Waals surface area contributed by atoms with Crippen LogP contribution in [0.15, 0.2) is 11.4 Å². The van der Waals surface area contributed by atoms with Gasteiger partial charge in [0, 0.05) is 0 Å². The lowest BCUT2D eigenvalue weighted by Crippen LogP contribution is -2.26. The van der Waals surface area contributed by atoms with E-state index >= 15 is 0 Å². The van der Waals surface area contributed by atoms with Gasteiger partial charge >= 0.3 is 0 Å². The molecule has 0 amide bonds. The molecule has 0 saturated heterocycles. The van der Waals surface area contributed by atoms with Crippen molar-refractivity contribution < 1.29 is 0 Å². The zero-order chi connectivity index (χ0) is 14.4. The van der Waals surface area contributed by atoms with Crippen LogP contribution in [0.4, 0.5) is 5.82 Å². The van der Waals surface area contributed by atoms with E-state index < -0.39 is 0 Å². The molecular formula is C15H24N4S. The summed E-state index contributed by atoms with van der Waals surface area (Å²) in [5.41, 5.74) is 6.01. The van der Waals surface area contributed by atoms with Gasteiger partial charge in [0.25, 0.3) is 0 Å². The number of aromatic nitrogens is 2. The summed E-state index contributed by atoms with van der Waals surface area (Å²) < 4.78 is 0. The zero-order valence-electron chi connectivity index (χ0n) is 12.4. The van der Waals surface area contributed by atoms with E-state index in [0.717, 1.165) is 35.7 Å². The van der Waals surface area contributed by atoms with Crippen LogP contribution in [-0.2, 0) is 6.54 Å². The van der Waals surface area contributed by atoms with Gasteiger partial charge in [-0.2, -0.15) is 0 Å². The fourth-order valence-corrected chi connectivity index (χ4v) is 3.02. The Morgan fingerprint density at radius 3 is 2.50 bits per heavy atom. The molecule has 0 unspecified atom stereocenters. The Kier molecular flexibility index (Phi) is 5.73. The maximum absolute atomic E-state index is 6.01. The van der Waals surface area contributed by atoms with Gasteiger partial charge in [-0.25, -0.2) is 9.97 Å². The second kappa shape index (κ2) is 7.55. The van der Waals surface area contributed by atoms with E-state index in [1.165, 1.54) is 25.7 Å². The molecular weight excluding hydrogens is 268 g/mol. The quantitative estimate of drug-likeness (QED) is 0.806. The standard InChI is InChI=1S/C15H24N4S/c1-3-5-8-19(9-6-4-2)11-13-17-14(16)12-7-10-20-15(12)18-13/h7,10H,3-6,8-9,11H2,1-2H3,(H2,16,17,18). The van der Waals surface area contributed by atoms with E-state index in [4.69, 9.17) is 5.73 Å². The Bertz CT molecular complexity index is 530.